The second-order valence-corrected chi connectivity index (χ2v) is 4.47. The summed E-state index contributed by atoms with van der Waals surface area (Å²) in [4.78, 5) is 0. The summed E-state index contributed by atoms with van der Waals surface area (Å²) in [5.74, 6) is 0. The molecule has 1 aliphatic rings. The molecule has 1 aliphatic carbocycles. The molecule has 2 aromatic rings. The first-order valence-corrected chi connectivity index (χ1v) is 5.98. The smallest absolute Gasteiger partial charge is 0.0769 e. The fourth-order valence-corrected chi connectivity index (χ4v) is 2.38. The highest BCUT2D eigenvalue weighted by molar-refractivity contribution is 5.33. The number of fused-ring (bicyclic) bond motifs is 1. The average molecular weight is 225 g/mol. The van der Waals surface area contributed by atoms with Crippen LogP contribution in [-0.2, 0) is 19.4 Å². The Morgan fingerprint density at radius 1 is 1.06 bits per heavy atom. The minimum atomic E-state index is 0.536. The van der Waals surface area contributed by atoms with E-state index in [0.29, 0.717) is 6.04 Å². The van der Waals surface area contributed by atoms with Crippen LogP contribution in [0.5, 0.6) is 0 Å². The molecule has 0 amide bonds. The molecule has 0 saturated heterocycles. The Bertz CT molecular complexity index is 471. The van der Waals surface area contributed by atoms with Gasteiger partial charge in [-0.15, -0.1) is 0 Å². The van der Waals surface area contributed by atoms with Gasteiger partial charge >= 0.3 is 0 Å². The maximum atomic E-state index is 4.08. The molecule has 1 heterocycles. The minimum absolute atomic E-state index is 0.536. The number of rotatable bonds is 3. The van der Waals surface area contributed by atoms with Gasteiger partial charge in [0.2, 0.25) is 0 Å². The van der Waals surface area contributed by atoms with Gasteiger partial charge in [0.15, 0.2) is 0 Å². The molecule has 3 heteroatoms. The monoisotopic (exact) mass is 225 g/mol. The van der Waals surface area contributed by atoms with Gasteiger partial charge in [-0.25, -0.2) is 0 Å². The van der Waals surface area contributed by atoms with Crippen molar-refractivity contribution >= 4 is 0 Å². The number of benzene rings is 1. The molecule has 1 aromatic carbocycles. The molecule has 17 heavy (non-hydrogen) atoms. The Morgan fingerprint density at radius 2 is 1.82 bits per heavy atom. The number of nitrogens with one attached hydrogen (secondary N) is 1. The van der Waals surface area contributed by atoms with Crippen molar-refractivity contribution in [2.75, 3.05) is 0 Å². The van der Waals surface area contributed by atoms with Crippen LogP contribution in [0.3, 0.4) is 0 Å². The van der Waals surface area contributed by atoms with Gasteiger partial charge < -0.3 is 5.32 Å². The Balaban J connectivity index is 1.59. The predicted octanol–water partition coefficient (Wildman–Crippen LogP) is 1.73. The molecule has 0 aliphatic heterocycles. The normalized spacial score (nSPS) is 14.8. The number of nitrogens with zero attached hydrogens (tertiary/aromatic N) is 2. The molecule has 1 aromatic heterocycles. The van der Waals surface area contributed by atoms with E-state index in [1.807, 2.05) is 12.1 Å². The summed E-state index contributed by atoms with van der Waals surface area (Å²) in [6.45, 7) is 0.798. The van der Waals surface area contributed by atoms with E-state index >= 15 is 0 Å². The summed E-state index contributed by atoms with van der Waals surface area (Å²) in [5, 5.41) is 11.5. The van der Waals surface area contributed by atoms with E-state index in [1.54, 1.807) is 6.20 Å². The third kappa shape index (κ3) is 2.34. The van der Waals surface area contributed by atoms with Gasteiger partial charge in [0.05, 0.1) is 5.69 Å². The van der Waals surface area contributed by atoms with Crippen LogP contribution in [0.4, 0.5) is 0 Å². The standard InChI is InChI=1S/C14H15N3/c1-2-5-12-9-14(8-11(12)4-1)15-10-13-6-3-7-16-17-13/h1-7,14-15H,8-10H2. The molecule has 3 rings (SSSR count). The number of aromatic nitrogens is 2. The molecule has 86 valence electrons. The van der Waals surface area contributed by atoms with Crippen molar-refractivity contribution < 1.29 is 0 Å². The van der Waals surface area contributed by atoms with Gasteiger partial charge in [0.1, 0.15) is 0 Å². The number of hydrogen-bond acceptors (Lipinski definition) is 3. The van der Waals surface area contributed by atoms with Crippen molar-refractivity contribution in [3.8, 4) is 0 Å². The van der Waals surface area contributed by atoms with Crippen LogP contribution in [-0.4, -0.2) is 16.2 Å². The summed E-state index contributed by atoms with van der Waals surface area (Å²) in [5.41, 5.74) is 3.96. The summed E-state index contributed by atoms with van der Waals surface area (Å²) < 4.78 is 0. The molecule has 0 spiro atoms. The fraction of sp³-hybridized carbons (Fsp3) is 0.286. The van der Waals surface area contributed by atoms with Gasteiger partial charge in [-0.2, -0.15) is 10.2 Å². The molecule has 0 fully saturated rings. The lowest BCUT2D eigenvalue weighted by Gasteiger charge is -2.10. The highest BCUT2D eigenvalue weighted by atomic mass is 15.1. The first kappa shape index (κ1) is 10.4. The van der Waals surface area contributed by atoms with E-state index in [0.717, 1.165) is 25.1 Å². The van der Waals surface area contributed by atoms with Crippen LogP contribution >= 0.6 is 0 Å². The van der Waals surface area contributed by atoms with Gasteiger partial charge in [0.25, 0.3) is 0 Å². The van der Waals surface area contributed by atoms with Crippen molar-refractivity contribution in [3.63, 3.8) is 0 Å². The summed E-state index contributed by atoms with van der Waals surface area (Å²) >= 11 is 0. The topological polar surface area (TPSA) is 37.8 Å². The van der Waals surface area contributed by atoms with Crippen LogP contribution in [0, 0.1) is 0 Å². The van der Waals surface area contributed by atoms with Gasteiger partial charge in [-0.3, -0.25) is 0 Å². The van der Waals surface area contributed by atoms with Crippen LogP contribution in [0.25, 0.3) is 0 Å². The predicted molar refractivity (Wildman–Crippen MR) is 66.5 cm³/mol. The van der Waals surface area contributed by atoms with Crippen molar-refractivity contribution in [3.05, 3.63) is 59.4 Å². The van der Waals surface area contributed by atoms with E-state index in [-0.39, 0.29) is 0 Å². The highest BCUT2D eigenvalue weighted by Crippen LogP contribution is 2.21. The zero-order valence-electron chi connectivity index (χ0n) is 9.63. The largest absolute Gasteiger partial charge is 0.308 e. The molecular formula is C14H15N3. The van der Waals surface area contributed by atoms with E-state index in [9.17, 15) is 0 Å². The van der Waals surface area contributed by atoms with Gasteiger partial charge in [-0.05, 0) is 36.1 Å². The zero-order valence-corrected chi connectivity index (χ0v) is 9.63. The quantitative estimate of drug-likeness (QED) is 0.864. The Labute approximate surface area is 101 Å². The van der Waals surface area contributed by atoms with Gasteiger partial charge in [-0.1, -0.05) is 24.3 Å². The third-order valence-corrected chi connectivity index (χ3v) is 3.25. The molecular weight excluding hydrogens is 210 g/mol. The number of hydrogen-bond donors (Lipinski definition) is 1. The van der Waals surface area contributed by atoms with E-state index in [4.69, 9.17) is 0 Å². The SMILES string of the molecule is c1cnnc(CNC2Cc3ccccc3C2)c1. The minimum Gasteiger partial charge on any atom is -0.308 e. The van der Waals surface area contributed by atoms with Crippen LogP contribution in [0.2, 0.25) is 0 Å². The summed E-state index contributed by atoms with van der Waals surface area (Å²) in [7, 11) is 0. The summed E-state index contributed by atoms with van der Waals surface area (Å²) in [6.07, 6.45) is 3.95. The Hall–Kier alpha value is -1.74. The zero-order chi connectivity index (χ0) is 11.5. The van der Waals surface area contributed by atoms with Crippen LogP contribution in [0.15, 0.2) is 42.6 Å². The third-order valence-electron chi connectivity index (χ3n) is 3.25. The van der Waals surface area contributed by atoms with E-state index in [1.165, 1.54) is 11.1 Å². The molecule has 0 bridgehead atoms. The maximum absolute atomic E-state index is 4.08. The first-order chi connectivity index (χ1) is 8.42. The fourth-order valence-electron chi connectivity index (χ4n) is 2.38. The molecule has 0 unspecified atom stereocenters. The van der Waals surface area contributed by atoms with Crippen molar-refractivity contribution in [1.29, 1.82) is 0 Å². The molecule has 1 N–H and O–H groups in total. The van der Waals surface area contributed by atoms with Crippen molar-refractivity contribution in [1.82, 2.24) is 15.5 Å². The second kappa shape index (κ2) is 4.63. The van der Waals surface area contributed by atoms with Crippen LogP contribution in [0.1, 0.15) is 16.8 Å². The van der Waals surface area contributed by atoms with E-state index < -0.39 is 0 Å². The molecule has 0 atom stereocenters. The Morgan fingerprint density at radius 3 is 2.47 bits per heavy atom. The van der Waals surface area contributed by atoms with Crippen molar-refractivity contribution in [2.24, 2.45) is 0 Å². The summed E-state index contributed by atoms with van der Waals surface area (Å²) in [6, 6.07) is 13.1. The lowest BCUT2D eigenvalue weighted by atomic mass is 10.1. The van der Waals surface area contributed by atoms with Gasteiger partial charge in [0, 0.05) is 18.8 Å². The molecule has 0 radical (unpaired) electrons. The van der Waals surface area contributed by atoms with E-state index in [2.05, 4.69) is 39.8 Å². The molecule has 3 nitrogen and oxygen atoms in total. The van der Waals surface area contributed by atoms with Crippen molar-refractivity contribution in [2.45, 2.75) is 25.4 Å². The maximum Gasteiger partial charge on any atom is 0.0769 e. The lowest BCUT2D eigenvalue weighted by Crippen LogP contribution is -2.29. The highest BCUT2D eigenvalue weighted by Gasteiger charge is 2.20. The van der Waals surface area contributed by atoms with Crippen LogP contribution < -0.4 is 5.32 Å². The second-order valence-electron chi connectivity index (χ2n) is 4.47. The Kier molecular flexibility index (Phi) is 2.84. The lowest BCUT2D eigenvalue weighted by molar-refractivity contribution is 0.525. The molecule has 0 saturated carbocycles. The average Bonchev–Trinajstić information content (AvgIpc) is 2.80. The first-order valence-electron chi connectivity index (χ1n) is 5.98.